The van der Waals surface area contributed by atoms with E-state index in [-0.39, 0.29) is 5.82 Å². The highest BCUT2D eigenvalue weighted by Crippen LogP contribution is 2.16. The predicted octanol–water partition coefficient (Wildman–Crippen LogP) is 4.36. The lowest BCUT2D eigenvalue weighted by Crippen LogP contribution is -2.01. The van der Waals surface area contributed by atoms with Crippen LogP contribution in [0.5, 0.6) is 0 Å². The van der Waals surface area contributed by atoms with Gasteiger partial charge in [0.05, 0.1) is 11.4 Å². The summed E-state index contributed by atoms with van der Waals surface area (Å²) in [6, 6.07) is 16.4. The van der Waals surface area contributed by atoms with E-state index in [0.29, 0.717) is 12.0 Å². The fraction of sp³-hybridized carbons (Fsp3) is 0.133. The van der Waals surface area contributed by atoms with Crippen molar-refractivity contribution in [1.29, 1.82) is 0 Å². The van der Waals surface area contributed by atoms with Gasteiger partial charge in [0, 0.05) is 5.56 Å². The van der Waals surface area contributed by atoms with Crippen molar-refractivity contribution in [1.82, 2.24) is 0 Å². The summed E-state index contributed by atoms with van der Waals surface area (Å²) >= 11 is 0. The van der Waals surface area contributed by atoms with E-state index >= 15 is 0 Å². The number of aliphatic imine (C=N–C) groups is 1. The lowest BCUT2D eigenvalue weighted by atomic mass is 10.1. The van der Waals surface area contributed by atoms with Crippen LogP contribution in [0.4, 0.5) is 10.1 Å². The van der Waals surface area contributed by atoms with Crippen LogP contribution in [-0.2, 0) is 0 Å². The van der Waals surface area contributed by atoms with Crippen LogP contribution in [0.15, 0.2) is 59.6 Å². The number of para-hydroxylation sites is 1. The zero-order valence-electron chi connectivity index (χ0n) is 9.73. The molecule has 0 aromatic heterocycles. The van der Waals surface area contributed by atoms with Crippen LogP contribution >= 0.6 is 0 Å². The van der Waals surface area contributed by atoms with Crippen LogP contribution in [-0.4, -0.2) is 5.71 Å². The predicted molar refractivity (Wildman–Crippen MR) is 69.3 cm³/mol. The SMILES string of the molecule is CCC(=Nc1ccccc1)c1ccccc1F. The van der Waals surface area contributed by atoms with Crippen molar-refractivity contribution in [2.45, 2.75) is 13.3 Å². The Bertz CT molecular complexity index is 517. The number of hydrogen-bond acceptors (Lipinski definition) is 1. The first-order valence-electron chi connectivity index (χ1n) is 5.68. The second-order valence-corrected chi connectivity index (χ2v) is 3.73. The minimum absolute atomic E-state index is 0.218. The maximum Gasteiger partial charge on any atom is 0.132 e. The van der Waals surface area contributed by atoms with Crippen LogP contribution in [0.1, 0.15) is 18.9 Å². The molecule has 0 heterocycles. The van der Waals surface area contributed by atoms with Gasteiger partial charge in [-0.1, -0.05) is 43.3 Å². The molecule has 0 unspecified atom stereocenters. The summed E-state index contributed by atoms with van der Waals surface area (Å²) in [6.07, 6.45) is 0.704. The Morgan fingerprint density at radius 2 is 1.65 bits per heavy atom. The minimum atomic E-state index is -0.218. The molecule has 2 aromatic carbocycles. The van der Waals surface area contributed by atoms with Crippen molar-refractivity contribution < 1.29 is 4.39 Å². The molecule has 0 saturated carbocycles. The average molecular weight is 227 g/mol. The fourth-order valence-electron chi connectivity index (χ4n) is 1.68. The van der Waals surface area contributed by atoms with Crippen molar-refractivity contribution >= 4 is 11.4 Å². The number of nitrogens with zero attached hydrogens (tertiary/aromatic N) is 1. The number of halogens is 1. The van der Waals surface area contributed by atoms with Gasteiger partial charge in [-0.3, -0.25) is 4.99 Å². The molecule has 17 heavy (non-hydrogen) atoms. The topological polar surface area (TPSA) is 12.4 Å². The van der Waals surface area contributed by atoms with E-state index in [4.69, 9.17) is 0 Å². The van der Waals surface area contributed by atoms with E-state index in [0.717, 1.165) is 11.4 Å². The number of benzene rings is 2. The Kier molecular flexibility index (Phi) is 3.66. The van der Waals surface area contributed by atoms with Gasteiger partial charge in [-0.15, -0.1) is 0 Å². The second kappa shape index (κ2) is 5.39. The fourth-order valence-corrected chi connectivity index (χ4v) is 1.68. The molecule has 0 radical (unpaired) electrons. The van der Waals surface area contributed by atoms with Crippen LogP contribution < -0.4 is 0 Å². The summed E-state index contributed by atoms with van der Waals surface area (Å²) in [5.74, 6) is -0.218. The third-order valence-electron chi connectivity index (χ3n) is 2.54. The summed E-state index contributed by atoms with van der Waals surface area (Å²) < 4.78 is 13.6. The van der Waals surface area contributed by atoms with Crippen molar-refractivity contribution in [2.75, 3.05) is 0 Å². The number of rotatable bonds is 3. The molecular formula is C15H14FN. The standard InChI is InChI=1S/C15H14FN/c1-2-15(13-10-6-7-11-14(13)16)17-12-8-4-3-5-9-12/h3-11H,2H2,1H3. The first-order valence-corrected chi connectivity index (χ1v) is 5.68. The van der Waals surface area contributed by atoms with Gasteiger partial charge in [-0.05, 0) is 24.6 Å². The van der Waals surface area contributed by atoms with Crippen LogP contribution in [0.25, 0.3) is 0 Å². The Balaban J connectivity index is 2.41. The smallest absolute Gasteiger partial charge is 0.132 e. The molecule has 0 aliphatic heterocycles. The summed E-state index contributed by atoms with van der Waals surface area (Å²) in [5, 5.41) is 0. The van der Waals surface area contributed by atoms with E-state index < -0.39 is 0 Å². The Hall–Kier alpha value is -1.96. The van der Waals surface area contributed by atoms with Crippen molar-refractivity contribution in [2.24, 2.45) is 4.99 Å². The molecule has 0 fully saturated rings. The van der Waals surface area contributed by atoms with Crippen molar-refractivity contribution in [3.8, 4) is 0 Å². The van der Waals surface area contributed by atoms with Crippen molar-refractivity contribution in [3.63, 3.8) is 0 Å². The molecule has 0 spiro atoms. The number of hydrogen-bond donors (Lipinski definition) is 0. The lowest BCUT2D eigenvalue weighted by Gasteiger charge is -2.05. The Labute approximate surface area is 101 Å². The van der Waals surface area contributed by atoms with E-state index in [2.05, 4.69) is 4.99 Å². The summed E-state index contributed by atoms with van der Waals surface area (Å²) in [6.45, 7) is 1.98. The molecule has 0 aliphatic rings. The monoisotopic (exact) mass is 227 g/mol. The Morgan fingerprint density at radius 1 is 1.00 bits per heavy atom. The van der Waals surface area contributed by atoms with E-state index in [1.54, 1.807) is 12.1 Å². The molecule has 2 heteroatoms. The third-order valence-corrected chi connectivity index (χ3v) is 2.54. The van der Waals surface area contributed by atoms with Crippen LogP contribution in [0.3, 0.4) is 0 Å². The Morgan fingerprint density at radius 3 is 2.29 bits per heavy atom. The summed E-state index contributed by atoms with van der Waals surface area (Å²) in [4.78, 5) is 4.48. The molecular weight excluding hydrogens is 213 g/mol. The summed E-state index contributed by atoms with van der Waals surface area (Å²) in [5.41, 5.74) is 2.21. The molecule has 0 saturated heterocycles. The van der Waals surface area contributed by atoms with Gasteiger partial charge in [0.1, 0.15) is 5.82 Å². The zero-order valence-corrected chi connectivity index (χ0v) is 9.73. The molecule has 0 atom stereocenters. The van der Waals surface area contributed by atoms with Gasteiger partial charge in [0.2, 0.25) is 0 Å². The van der Waals surface area contributed by atoms with Gasteiger partial charge in [-0.25, -0.2) is 4.39 Å². The maximum absolute atomic E-state index is 13.6. The summed E-state index contributed by atoms with van der Waals surface area (Å²) in [7, 11) is 0. The maximum atomic E-state index is 13.6. The van der Waals surface area contributed by atoms with Crippen molar-refractivity contribution in [3.05, 3.63) is 66.0 Å². The average Bonchev–Trinajstić information content (AvgIpc) is 2.38. The van der Waals surface area contributed by atoms with Crippen LogP contribution in [0, 0.1) is 5.82 Å². The molecule has 2 rings (SSSR count). The molecule has 0 aliphatic carbocycles. The first-order chi connectivity index (χ1) is 8.31. The normalized spacial score (nSPS) is 11.5. The van der Waals surface area contributed by atoms with Gasteiger partial charge >= 0.3 is 0 Å². The van der Waals surface area contributed by atoms with Crippen LogP contribution in [0.2, 0.25) is 0 Å². The molecule has 0 bridgehead atoms. The van der Waals surface area contributed by atoms with E-state index in [9.17, 15) is 4.39 Å². The largest absolute Gasteiger partial charge is 0.253 e. The van der Waals surface area contributed by atoms with E-state index in [1.165, 1.54) is 6.07 Å². The highest BCUT2D eigenvalue weighted by molar-refractivity contribution is 6.02. The first kappa shape index (κ1) is 11.5. The highest BCUT2D eigenvalue weighted by atomic mass is 19.1. The molecule has 0 N–H and O–H groups in total. The molecule has 2 aromatic rings. The lowest BCUT2D eigenvalue weighted by molar-refractivity contribution is 0.625. The third kappa shape index (κ3) is 2.78. The quantitative estimate of drug-likeness (QED) is 0.691. The minimum Gasteiger partial charge on any atom is -0.253 e. The molecule has 86 valence electrons. The second-order valence-electron chi connectivity index (χ2n) is 3.73. The molecule has 1 nitrogen and oxygen atoms in total. The van der Waals surface area contributed by atoms with E-state index in [1.807, 2.05) is 43.3 Å². The molecule has 0 amide bonds. The van der Waals surface area contributed by atoms with Gasteiger partial charge in [0.25, 0.3) is 0 Å². The van der Waals surface area contributed by atoms with Gasteiger partial charge in [0.15, 0.2) is 0 Å². The highest BCUT2D eigenvalue weighted by Gasteiger charge is 2.06. The zero-order chi connectivity index (χ0) is 12.1. The van der Waals surface area contributed by atoms with Gasteiger partial charge < -0.3 is 0 Å². The van der Waals surface area contributed by atoms with Gasteiger partial charge in [-0.2, -0.15) is 0 Å².